The second kappa shape index (κ2) is 6.30. The number of hydrogen-bond acceptors (Lipinski definition) is 3. The Morgan fingerprint density at radius 2 is 1.60 bits per heavy atom. The third-order valence-corrected chi connectivity index (χ3v) is 3.63. The average Bonchev–Trinajstić information content (AvgIpc) is 2.25. The predicted molar refractivity (Wildman–Crippen MR) is 72.1 cm³/mol. The molecule has 0 saturated carbocycles. The topological polar surface area (TPSA) is 72.2 Å². The van der Waals surface area contributed by atoms with Gasteiger partial charge in [0.1, 0.15) is 0 Å². The molecule has 0 spiro atoms. The van der Waals surface area contributed by atoms with Crippen molar-refractivity contribution >= 4 is 22.4 Å². The largest absolute Gasteiger partial charge is 0.416 e. The molecule has 9 heteroatoms. The molecule has 20 heavy (non-hydrogen) atoms. The third kappa shape index (κ3) is 5.66. The van der Waals surface area contributed by atoms with Gasteiger partial charge in [-0.2, -0.15) is 13.2 Å². The Labute approximate surface area is 122 Å². The summed E-state index contributed by atoms with van der Waals surface area (Å²) in [6, 6.07) is 3.27. The highest BCUT2D eigenvalue weighted by Crippen LogP contribution is 2.29. The van der Waals surface area contributed by atoms with Gasteiger partial charge < -0.3 is 5.73 Å². The van der Waals surface area contributed by atoms with Crippen molar-refractivity contribution in [2.75, 3.05) is 6.54 Å². The quantitative estimate of drug-likeness (QED) is 0.887. The molecule has 0 fully saturated rings. The van der Waals surface area contributed by atoms with Gasteiger partial charge in [0.25, 0.3) is 0 Å². The van der Waals surface area contributed by atoms with Gasteiger partial charge in [0.05, 0.1) is 10.5 Å². The van der Waals surface area contributed by atoms with E-state index in [-0.39, 0.29) is 23.8 Å². The van der Waals surface area contributed by atoms with E-state index in [9.17, 15) is 21.6 Å². The van der Waals surface area contributed by atoms with Crippen molar-refractivity contribution in [3.05, 3.63) is 29.8 Å². The zero-order valence-corrected chi connectivity index (χ0v) is 12.5. The summed E-state index contributed by atoms with van der Waals surface area (Å²) < 4.78 is 62.8. The van der Waals surface area contributed by atoms with Gasteiger partial charge in [0, 0.05) is 12.1 Å². The van der Waals surface area contributed by atoms with Crippen LogP contribution in [0.4, 0.5) is 13.2 Å². The smallest absolute Gasteiger partial charge is 0.324 e. The summed E-state index contributed by atoms with van der Waals surface area (Å²) in [6.07, 6.45) is -4.49. The van der Waals surface area contributed by atoms with Crippen molar-refractivity contribution < 1.29 is 21.6 Å². The monoisotopic (exact) mass is 332 g/mol. The van der Waals surface area contributed by atoms with Crippen LogP contribution in [0, 0.1) is 0 Å². The second-order valence-electron chi connectivity index (χ2n) is 4.84. The summed E-state index contributed by atoms with van der Waals surface area (Å²) in [7, 11) is -3.85. The molecule has 1 rings (SSSR count). The molecule has 0 unspecified atom stereocenters. The molecular weight excluding hydrogens is 317 g/mol. The number of nitrogens with one attached hydrogen (secondary N) is 1. The molecule has 1 aromatic rings. The summed E-state index contributed by atoms with van der Waals surface area (Å²) in [5.41, 5.74) is 3.98. The Morgan fingerprint density at radius 3 is 1.95 bits per heavy atom. The van der Waals surface area contributed by atoms with E-state index < -0.39 is 27.3 Å². The van der Waals surface area contributed by atoms with E-state index in [2.05, 4.69) is 4.72 Å². The molecule has 0 aliphatic heterocycles. The van der Waals surface area contributed by atoms with Gasteiger partial charge in [-0.3, -0.25) is 0 Å². The molecule has 3 N–H and O–H groups in total. The number of nitrogens with two attached hydrogens (primary N) is 1. The van der Waals surface area contributed by atoms with Crippen molar-refractivity contribution in [3.8, 4) is 0 Å². The fourth-order valence-electron chi connectivity index (χ4n) is 1.19. The minimum atomic E-state index is -4.49. The number of alkyl halides is 3. The van der Waals surface area contributed by atoms with E-state index in [4.69, 9.17) is 5.73 Å². The van der Waals surface area contributed by atoms with Gasteiger partial charge >= 0.3 is 6.18 Å². The Kier molecular flexibility index (Phi) is 6.03. The van der Waals surface area contributed by atoms with E-state index in [1.165, 1.54) is 0 Å². The minimum Gasteiger partial charge on any atom is -0.324 e. The fraction of sp³-hybridized carbons (Fsp3) is 0.455. The van der Waals surface area contributed by atoms with Crippen LogP contribution in [0.5, 0.6) is 0 Å². The lowest BCUT2D eigenvalue weighted by Gasteiger charge is -2.19. The summed E-state index contributed by atoms with van der Waals surface area (Å²) >= 11 is 0. The van der Waals surface area contributed by atoms with Gasteiger partial charge in [-0.1, -0.05) is 0 Å². The molecule has 0 amide bonds. The fourth-order valence-corrected chi connectivity index (χ4v) is 2.41. The predicted octanol–water partition coefficient (Wildman–Crippen LogP) is 2.14. The van der Waals surface area contributed by atoms with Crippen LogP contribution in [-0.4, -0.2) is 20.5 Å². The summed E-state index contributed by atoms with van der Waals surface area (Å²) in [4.78, 5) is -0.232. The molecular formula is C11H16ClF3N2O2S. The molecule has 116 valence electrons. The van der Waals surface area contributed by atoms with E-state index in [0.29, 0.717) is 0 Å². The normalized spacial score (nSPS) is 12.9. The number of sulfonamides is 1. The van der Waals surface area contributed by atoms with Gasteiger partial charge in [-0.25, -0.2) is 13.1 Å². The maximum atomic E-state index is 12.3. The zero-order valence-electron chi connectivity index (χ0n) is 10.9. The molecule has 1 aromatic carbocycles. The van der Waals surface area contributed by atoms with Crippen molar-refractivity contribution in [1.82, 2.24) is 4.72 Å². The molecule has 0 atom stereocenters. The highest BCUT2D eigenvalue weighted by Gasteiger charge is 2.30. The first-order chi connectivity index (χ1) is 8.42. The van der Waals surface area contributed by atoms with E-state index in [0.717, 1.165) is 24.3 Å². The zero-order chi connectivity index (χ0) is 14.9. The van der Waals surface area contributed by atoms with E-state index >= 15 is 0 Å². The first kappa shape index (κ1) is 19.2. The van der Waals surface area contributed by atoms with E-state index in [1.807, 2.05) is 0 Å². The van der Waals surface area contributed by atoms with Crippen LogP contribution in [0.3, 0.4) is 0 Å². The SMILES string of the molecule is CC(C)(N)CNS(=O)(=O)c1ccc(C(F)(F)F)cc1.Cl. The minimum absolute atomic E-state index is 0. The van der Waals surface area contributed by atoms with Crippen LogP contribution in [0.25, 0.3) is 0 Å². The maximum absolute atomic E-state index is 12.3. The molecule has 0 saturated heterocycles. The Hall–Kier alpha value is -0.830. The van der Waals surface area contributed by atoms with Crippen molar-refractivity contribution in [2.24, 2.45) is 5.73 Å². The van der Waals surface area contributed by atoms with Crippen molar-refractivity contribution in [3.63, 3.8) is 0 Å². The van der Waals surface area contributed by atoms with Gasteiger partial charge in [-0.15, -0.1) is 12.4 Å². The summed E-state index contributed by atoms with van der Waals surface area (Å²) in [5.74, 6) is 0. The lowest BCUT2D eigenvalue weighted by Crippen LogP contribution is -2.45. The molecule has 0 aliphatic rings. The number of benzene rings is 1. The maximum Gasteiger partial charge on any atom is 0.416 e. The Morgan fingerprint density at radius 1 is 1.15 bits per heavy atom. The summed E-state index contributed by atoms with van der Waals surface area (Å²) in [6.45, 7) is 3.24. The number of rotatable bonds is 4. The third-order valence-electron chi connectivity index (χ3n) is 2.21. The lowest BCUT2D eigenvalue weighted by molar-refractivity contribution is -0.137. The van der Waals surface area contributed by atoms with Crippen LogP contribution in [0.15, 0.2) is 29.2 Å². The Balaban J connectivity index is 0.00000361. The average molecular weight is 333 g/mol. The lowest BCUT2D eigenvalue weighted by atomic mass is 10.1. The highest BCUT2D eigenvalue weighted by atomic mass is 35.5. The number of hydrogen-bond donors (Lipinski definition) is 2. The molecule has 0 radical (unpaired) electrons. The first-order valence-corrected chi connectivity index (χ1v) is 6.86. The van der Waals surface area contributed by atoms with Crippen molar-refractivity contribution in [2.45, 2.75) is 30.5 Å². The Bertz CT molecular complexity index is 536. The summed E-state index contributed by atoms with van der Waals surface area (Å²) in [5, 5.41) is 0. The molecule has 0 aliphatic carbocycles. The van der Waals surface area contributed by atoms with Crippen LogP contribution in [0.1, 0.15) is 19.4 Å². The molecule has 0 aromatic heterocycles. The van der Waals surface area contributed by atoms with Gasteiger partial charge in [0.15, 0.2) is 0 Å². The van der Waals surface area contributed by atoms with Crippen LogP contribution in [-0.2, 0) is 16.2 Å². The first-order valence-electron chi connectivity index (χ1n) is 5.38. The highest BCUT2D eigenvalue weighted by molar-refractivity contribution is 7.89. The van der Waals surface area contributed by atoms with Gasteiger partial charge in [-0.05, 0) is 38.1 Å². The van der Waals surface area contributed by atoms with Gasteiger partial charge in [0.2, 0.25) is 10.0 Å². The molecule has 0 heterocycles. The van der Waals surface area contributed by atoms with Crippen molar-refractivity contribution in [1.29, 1.82) is 0 Å². The van der Waals surface area contributed by atoms with Crippen LogP contribution >= 0.6 is 12.4 Å². The van der Waals surface area contributed by atoms with E-state index in [1.54, 1.807) is 13.8 Å². The molecule has 4 nitrogen and oxygen atoms in total. The molecule has 0 bridgehead atoms. The number of halogens is 4. The second-order valence-corrected chi connectivity index (χ2v) is 6.60. The standard InChI is InChI=1S/C11H15F3N2O2S.ClH/c1-10(2,15)7-16-19(17,18)9-5-3-8(4-6-9)11(12,13)14;/h3-6,16H,7,15H2,1-2H3;1H. The van der Waals surface area contributed by atoms with Crippen LogP contribution < -0.4 is 10.5 Å². The van der Waals surface area contributed by atoms with Crippen LogP contribution in [0.2, 0.25) is 0 Å².